The van der Waals surface area contributed by atoms with Crippen LogP contribution in [-0.4, -0.2) is 83.5 Å². The Kier molecular flexibility index (Phi) is 10.8. The molecule has 2 aromatic carbocycles. The van der Waals surface area contributed by atoms with E-state index >= 15 is 0 Å². The topological polar surface area (TPSA) is 97.4 Å². The molecule has 48 heavy (non-hydrogen) atoms. The Morgan fingerprint density at radius 2 is 1.90 bits per heavy atom. The van der Waals surface area contributed by atoms with Gasteiger partial charge in [0.25, 0.3) is 15.9 Å². The van der Waals surface area contributed by atoms with Crippen molar-refractivity contribution in [2.75, 3.05) is 57.4 Å². The van der Waals surface area contributed by atoms with E-state index in [1.807, 2.05) is 12.1 Å². The molecular weight excluding hydrogens is 650 g/mol. The van der Waals surface area contributed by atoms with Gasteiger partial charge in [-0.25, -0.2) is 13.1 Å². The van der Waals surface area contributed by atoms with Gasteiger partial charge in [0.15, 0.2) is 0 Å². The SMILES string of the molecule is CC[C@@H]1CCN2C[C@@]3(CCCc4cc(Cl)ccc43)COc3ccc(cc32)S(=O)(=O)NC(=O)C(C)(C)OCC=C[C@@H]1OCCN1CCCC1. The summed E-state index contributed by atoms with van der Waals surface area (Å²) in [6.45, 7) is 11.1. The highest BCUT2D eigenvalue weighted by Gasteiger charge is 2.42. The highest BCUT2D eigenvalue weighted by molar-refractivity contribution is 7.90. The highest BCUT2D eigenvalue weighted by Crippen LogP contribution is 2.45. The van der Waals surface area contributed by atoms with Crippen molar-refractivity contribution < 1.29 is 27.4 Å². The molecule has 11 heteroatoms. The number of carbonyl (C=O) groups is 1. The number of benzene rings is 2. The lowest BCUT2D eigenvalue weighted by Gasteiger charge is -2.41. The molecule has 0 unspecified atom stereocenters. The Morgan fingerprint density at radius 3 is 2.69 bits per heavy atom. The maximum Gasteiger partial charge on any atom is 0.265 e. The number of nitrogens with one attached hydrogen (secondary N) is 1. The number of aryl methyl sites for hydroxylation is 1. The van der Waals surface area contributed by atoms with E-state index in [-0.39, 0.29) is 28.9 Å². The van der Waals surface area contributed by atoms with Crippen LogP contribution in [0.25, 0.3) is 0 Å². The number of likely N-dealkylation sites (tertiary alicyclic amines) is 1. The molecule has 6 rings (SSSR count). The molecule has 1 aliphatic carbocycles. The lowest BCUT2D eigenvalue weighted by atomic mass is 9.70. The standard InChI is InChI=1S/C37H50ClN3O6S/c1-4-27-15-19-41-25-37(16-7-9-28-23-29(38)11-13-31(28)37)26-46-34-14-12-30(24-32(34)41)48(43,44)39-35(42)36(2,3)47-21-8-10-33(27)45-22-20-40-17-5-6-18-40/h8,10-14,23-24,27,33H,4-7,9,15-22,25-26H2,1-3H3,(H,39,42)/t27-,33+,37+/m1/s1. The molecular formula is C37H50ClN3O6S. The second-order valence-electron chi connectivity index (χ2n) is 14.3. The zero-order valence-corrected chi connectivity index (χ0v) is 30.1. The lowest BCUT2D eigenvalue weighted by molar-refractivity contribution is -0.139. The summed E-state index contributed by atoms with van der Waals surface area (Å²) in [6, 6.07) is 11.1. The monoisotopic (exact) mass is 699 g/mol. The number of hydrogen-bond donors (Lipinski definition) is 1. The highest BCUT2D eigenvalue weighted by atomic mass is 35.5. The predicted octanol–water partition coefficient (Wildman–Crippen LogP) is 5.88. The number of sulfonamides is 1. The number of hydrogen-bond acceptors (Lipinski definition) is 8. The van der Waals surface area contributed by atoms with Crippen LogP contribution in [0.4, 0.5) is 5.69 Å². The van der Waals surface area contributed by atoms with Crippen LogP contribution in [0.5, 0.6) is 5.75 Å². The number of nitrogens with zero attached hydrogens (tertiary/aromatic N) is 2. The normalized spacial score (nSPS) is 27.6. The predicted molar refractivity (Wildman–Crippen MR) is 189 cm³/mol. The number of rotatable bonds is 5. The summed E-state index contributed by atoms with van der Waals surface area (Å²) in [7, 11) is -4.19. The quantitative estimate of drug-likeness (QED) is 0.387. The van der Waals surface area contributed by atoms with Gasteiger partial charge in [-0.2, -0.15) is 0 Å². The van der Waals surface area contributed by atoms with Crippen molar-refractivity contribution in [2.24, 2.45) is 5.92 Å². The van der Waals surface area contributed by atoms with E-state index in [0.717, 1.165) is 56.8 Å². The number of fused-ring (bicyclic) bond motifs is 3. The van der Waals surface area contributed by atoms with Crippen LogP contribution in [-0.2, 0) is 36.1 Å². The van der Waals surface area contributed by atoms with Crippen LogP contribution in [0.15, 0.2) is 53.4 Å². The Bertz CT molecular complexity index is 1610. The molecule has 3 atom stereocenters. The van der Waals surface area contributed by atoms with Crippen molar-refractivity contribution in [1.82, 2.24) is 9.62 Å². The summed E-state index contributed by atoms with van der Waals surface area (Å²) < 4.78 is 48.5. The molecule has 2 bridgehead atoms. The molecule has 3 aliphatic heterocycles. The maximum atomic E-state index is 13.6. The summed E-state index contributed by atoms with van der Waals surface area (Å²) >= 11 is 6.44. The van der Waals surface area contributed by atoms with Gasteiger partial charge < -0.3 is 24.0 Å². The molecule has 1 saturated heterocycles. The number of amides is 1. The second kappa shape index (κ2) is 14.7. The molecule has 3 heterocycles. The third-order valence-electron chi connectivity index (χ3n) is 10.6. The molecule has 9 nitrogen and oxygen atoms in total. The van der Waals surface area contributed by atoms with Gasteiger partial charge in [0.2, 0.25) is 0 Å². The minimum Gasteiger partial charge on any atom is -0.490 e. The van der Waals surface area contributed by atoms with E-state index in [9.17, 15) is 13.2 Å². The van der Waals surface area contributed by atoms with E-state index in [1.54, 1.807) is 26.0 Å². The first-order valence-corrected chi connectivity index (χ1v) is 19.4. The molecule has 262 valence electrons. The van der Waals surface area contributed by atoms with E-state index < -0.39 is 21.5 Å². The van der Waals surface area contributed by atoms with E-state index in [1.165, 1.54) is 30.0 Å². The number of anilines is 1. The molecule has 0 aromatic heterocycles. The fourth-order valence-corrected chi connectivity index (χ4v) is 9.02. The molecule has 2 aromatic rings. The largest absolute Gasteiger partial charge is 0.490 e. The third kappa shape index (κ3) is 7.73. The van der Waals surface area contributed by atoms with Crippen molar-refractivity contribution in [2.45, 2.75) is 87.7 Å². The zero-order valence-electron chi connectivity index (χ0n) is 28.5. The third-order valence-corrected chi connectivity index (χ3v) is 12.2. The maximum absolute atomic E-state index is 13.6. The van der Waals surface area contributed by atoms with Crippen molar-refractivity contribution in [3.05, 3.63) is 64.7 Å². The van der Waals surface area contributed by atoms with Gasteiger partial charge >= 0.3 is 0 Å². The minimum atomic E-state index is -4.19. The molecule has 0 radical (unpaired) electrons. The molecule has 0 saturated carbocycles. The number of halogens is 1. The number of ether oxygens (including phenoxy) is 3. The molecule has 1 fully saturated rings. The molecule has 4 aliphatic rings. The van der Waals surface area contributed by atoms with Crippen molar-refractivity contribution in [3.8, 4) is 5.75 Å². The first-order valence-electron chi connectivity index (χ1n) is 17.5. The van der Waals surface area contributed by atoms with Crippen LogP contribution in [0, 0.1) is 5.92 Å². The van der Waals surface area contributed by atoms with Crippen LogP contribution in [0.3, 0.4) is 0 Å². The Morgan fingerprint density at radius 1 is 1.08 bits per heavy atom. The van der Waals surface area contributed by atoms with Crippen molar-refractivity contribution >= 4 is 33.2 Å². The van der Waals surface area contributed by atoms with Crippen LogP contribution in [0.2, 0.25) is 5.02 Å². The Labute approximate surface area is 291 Å². The van der Waals surface area contributed by atoms with Gasteiger partial charge in [-0.15, -0.1) is 0 Å². The smallest absolute Gasteiger partial charge is 0.265 e. The van der Waals surface area contributed by atoms with Crippen molar-refractivity contribution in [3.63, 3.8) is 0 Å². The number of carbonyl (C=O) groups excluding carboxylic acids is 1. The van der Waals surface area contributed by atoms with Gasteiger partial charge in [0.05, 0.1) is 36.5 Å². The summed E-state index contributed by atoms with van der Waals surface area (Å²) in [4.78, 5) is 18.0. The average molecular weight is 700 g/mol. The summed E-state index contributed by atoms with van der Waals surface area (Å²) in [5, 5.41) is 0.730. The Balaban J connectivity index is 1.37. The first-order chi connectivity index (χ1) is 23.0. The van der Waals surface area contributed by atoms with E-state index in [0.29, 0.717) is 37.7 Å². The van der Waals surface area contributed by atoms with Gasteiger partial charge in [-0.3, -0.25) is 4.79 Å². The fourth-order valence-electron chi connectivity index (χ4n) is 7.71. The summed E-state index contributed by atoms with van der Waals surface area (Å²) in [6.07, 6.45) is 11.0. The van der Waals surface area contributed by atoms with Gasteiger partial charge in [-0.1, -0.05) is 43.2 Å². The van der Waals surface area contributed by atoms with Gasteiger partial charge in [0.1, 0.15) is 11.4 Å². The van der Waals surface area contributed by atoms with E-state index in [2.05, 4.69) is 39.7 Å². The Hall–Kier alpha value is -2.63. The minimum absolute atomic E-state index is 0.00734. The zero-order chi connectivity index (χ0) is 33.9. The fraction of sp³-hybridized carbons (Fsp3) is 0.595. The van der Waals surface area contributed by atoms with Gasteiger partial charge in [0, 0.05) is 30.1 Å². The average Bonchev–Trinajstić information content (AvgIpc) is 3.52. The second-order valence-corrected chi connectivity index (χ2v) is 16.4. The summed E-state index contributed by atoms with van der Waals surface area (Å²) in [5.74, 6) is 0.110. The van der Waals surface area contributed by atoms with Crippen LogP contribution < -0.4 is 14.4 Å². The lowest BCUT2D eigenvalue weighted by Crippen LogP contribution is -2.47. The van der Waals surface area contributed by atoms with Crippen LogP contribution >= 0.6 is 11.6 Å². The molecule has 1 N–H and O–H groups in total. The first kappa shape index (κ1) is 35.2. The van der Waals surface area contributed by atoms with Crippen molar-refractivity contribution in [1.29, 1.82) is 0 Å². The molecule has 1 spiro atoms. The van der Waals surface area contributed by atoms with E-state index in [4.69, 9.17) is 25.8 Å². The summed E-state index contributed by atoms with van der Waals surface area (Å²) in [5.41, 5.74) is 1.53. The van der Waals surface area contributed by atoms with Gasteiger partial charge in [-0.05, 0) is 113 Å². The molecule has 1 amide bonds. The van der Waals surface area contributed by atoms with Crippen LogP contribution in [0.1, 0.15) is 70.4 Å².